The van der Waals surface area contributed by atoms with Crippen LogP contribution < -0.4 is 11.1 Å². The Morgan fingerprint density at radius 1 is 1.21 bits per heavy atom. The molecule has 3 nitrogen and oxygen atoms in total. The molecule has 19 heavy (non-hydrogen) atoms. The lowest BCUT2D eigenvalue weighted by molar-refractivity contribution is 0.187. The molecule has 0 atom stereocenters. The van der Waals surface area contributed by atoms with E-state index in [2.05, 4.69) is 10.2 Å². The van der Waals surface area contributed by atoms with Gasteiger partial charge in [0.25, 0.3) is 0 Å². The van der Waals surface area contributed by atoms with Crippen molar-refractivity contribution in [2.45, 2.75) is 19.3 Å². The smallest absolute Gasteiger partial charge is 0.123 e. The van der Waals surface area contributed by atoms with Gasteiger partial charge < -0.3 is 16.0 Å². The predicted octanol–water partition coefficient (Wildman–Crippen LogP) is 2.30. The number of likely N-dealkylation sites (tertiary alicyclic amines) is 1. The highest BCUT2D eigenvalue weighted by Gasteiger charge is 2.16. The van der Waals surface area contributed by atoms with Crippen LogP contribution >= 0.6 is 0 Å². The minimum Gasteiger partial charge on any atom is -0.385 e. The van der Waals surface area contributed by atoms with Gasteiger partial charge in [-0.15, -0.1) is 0 Å². The van der Waals surface area contributed by atoms with Crippen LogP contribution in [-0.2, 0) is 0 Å². The molecule has 0 bridgehead atoms. The Hall–Kier alpha value is -1.13. The number of nitrogens with zero attached hydrogens (tertiary/aromatic N) is 1. The van der Waals surface area contributed by atoms with Crippen molar-refractivity contribution in [1.29, 1.82) is 0 Å². The van der Waals surface area contributed by atoms with E-state index in [4.69, 9.17) is 5.73 Å². The van der Waals surface area contributed by atoms with E-state index >= 15 is 0 Å². The number of anilines is 1. The monoisotopic (exact) mass is 265 g/mol. The maximum absolute atomic E-state index is 12.7. The average Bonchev–Trinajstić information content (AvgIpc) is 2.46. The summed E-state index contributed by atoms with van der Waals surface area (Å²) in [6.45, 7) is 5.25. The summed E-state index contributed by atoms with van der Waals surface area (Å²) in [6, 6.07) is 6.53. The van der Waals surface area contributed by atoms with E-state index in [1.54, 1.807) is 12.1 Å². The molecule has 1 fully saturated rings. The van der Waals surface area contributed by atoms with Gasteiger partial charge in [-0.1, -0.05) is 0 Å². The molecule has 1 aliphatic heterocycles. The molecule has 0 amide bonds. The Morgan fingerprint density at radius 2 is 1.89 bits per heavy atom. The van der Waals surface area contributed by atoms with Crippen molar-refractivity contribution >= 4 is 5.69 Å². The molecule has 1 aliphatic rings. The lowest BCUT2D eigenvalue weighted by atomic mass is 9.97. The van der Waals surface area contributed by atoms with Crippen LogP contribution in [0, 0.1) is 11.7 Å². The Kier molecular flexibility index (Phi) is 5.61. The van der Waals surface area contributed by atoms with Crippen molar-refractivity contribution in [3.05, 3.63) is 30.1 Å². The van der Waals surface area contributed by atoms with Crippen molar-refractivity contribution in [3.63, 3.8) is 0 Å². The molecule has 1 aromatic carbocycles. The van der Waals surface area contributed by atoms with Crippen LogP contribution in [0.1, 0.15) is 19.3 Å². The van der Waals surface area contributed by atoms with Crippen molar-refractivity contribution < 1.29 is 4.39 Å². The first-order valence-corrected chi connectivity index (χ1v) is 7.20. The van der Waals surface area contributed by atoms with Gasteiger partial charge in [0.05, 0.1) is 0 Å². The fourth-order valence-electron chi connectivity index (χ4n) is 2.55. The number of rotatable bonds is 6. The Morgan fingerprint density at radius 3 is 2.53 bits per heavy atom. The van der Waals surface area contributed by atoms with E-state index in [0.29, 0.717) is 0 Å². The highest BCUT2D eigenvalue weighted by atomic mass is 19.1. The van der Waals surface area contributed by atoms with E-state index in [1.807, 2.05) is 0 Å². The summed E-state index contributed by atoms with van der Waals surface area (Å²) in [5.74, 6) is 0.543. The largest absolute Gasteiger partial charge is 0.385 e. The van der Waals surface area contributed by atoms with Gasteiger partial charge in [-0.3, -0.25) is 0 Å². The minimum absolute atomic E-state index is 0.187. The lowest BCUT2D eigenvalue weighted by Crippen LogP contribution is -2.37. The summed E-state index contributed by atoms with van der Waals surface area (Å²) < 4.78 is 12.7. The van der Waals surface area contributed by atoms with Crippen molar-refractivity contribution in [2.24, 2.45) is 11.7 Å². The molecule has 106 valence electrons. The van der Waals surface area contributed by atoms with Gasteiger partial charge in [0.2, 0.25) is 0 Å². The summed E-state index contributed by atoms with van der Waals surface area (Å²) >= 11 is 0. The minimum atomic E-state index is -0.187. The van der Waals surface area contributed by atoms with Crippen LogP contribution in [0.2, 0.25) is 0 Å². The third-order valence-electron chi connectivity index (χ3n) is 3.86. The van der Waals surface area contributed by atoms with E-state index in [1.165, 1.54) is 38.1 Å². The van der Waals surface area contributed by atoms with E-state index < -0.39 is 0 Å². The van der Waals surface area contributed by atoms with Gasteiger partial charge in [-0.2, -0.15) is 0 Å². The van der Waals surface area contributed by atoms with Crippen LogP contribution in [-0.4, -0.2) is 37.6 Å². The SMILES string of the molecule is NCC1CCN(CCCNc2ccc(F)cc2)CC1. The summed E-state index contributed by atoms with van der Waals surface area (Å²) in [6.07, 6.45) is 3.59. The van der Waals surface area contributed by atoms with Gasteiger partial charge in [-0.25, -0.2) is 4.39 Å². The van der Waals surface area contributed by atoms with Crippen LogP contribution in [0.15, 0.2) is 24.3 Å². The van der Waals surface area contributed by atoms with Gasteiger partial charge >= 0.3 is 0 Å². The number of hydrogen-bond donors (Lipinski definition) is 2. The highest BCUT2D eigenvalue weighted by Crippen LogP contribution is 2.15. The lowest BCUT2D eigenvalue weighted by Gasteiger charge is -2.31. The number of benzene rings is 1. The molecule has 1 aromatic rings. The van der Waals surface area contributed by atoms with Crippen molar-refractivity contribution in [3.8, 4) is 0 Å². The molecule has 0 spiro atoms. The highest BCUT2D eigenvalue weighted by molar-refractivity contribution is 5.42. The molecule has 0 unspecified atom stereocenters. The molecule has 2 rings (SSSR count). The number of halogens is 1. The fraction of sp³-hybridized carbons (Fsp3) is 0.600. The molecule has 1 saturated heterocycles. The maximum atomic E-state index is 12.7. The van der Waals surface area contributed by atoms with Gasteiger partial charge in [-0.05, 0) is 75.6 Å². The van der Waals surface area contributed by atoms with Gasteiger partial charge in [0.15, 0.2) is 0 Å². The Balaban J connectivity index is 1.58. The second kappa shape index (κ2) is 7.46. The first-order chi connectivity index (χ1) is 9.28. The number of piperidine rings is 1. The third kappa shape index (κ3) is 4.80. The summed E-state index contributed by atoms with van der Waals surface area (Å²) in [7, 11) is 0. The standard InChI is InChI=1S/C15H24FN3/c16-14-2-4-15(5-3-14)18-8-1-9-19-10-6-13(12-17)7-11-19/h2-5,13,18H,1,6-12,17H2. The predicted molar refractivity (Wildman–Crippen MR) is 77.7 cm³/mol. The molecule has 1 heterocycles. The van der Waals surface area contributed by atoms with Gasteiger partial charge in [0, 0.05) is 12.2 Å². The molecule has 4 heteroatoms. The van der Waals surface area contributed by atoms with Crippen LogP contribution in [0.4, 0.5) is 10.1 Å². The van der Waals surface area contributed by atoms with Crippen LogP contribution in [0.3, 0.4) is 0 Å². The molecule has 0 aromatic heterocycles. The van der Waals surface area contributed by atoms with Crippen molar-refractivity contribution in [2.75, 3.05) is 38.0 Å². The summed E-state index contributed by atoms with van der Waals surface area (Å²) in [5.41, 5.74) is 6.68. The molecule has 0 radical (unpaired) electrons. The second-order valence-corrected chi connectivity index (χ2v) is 5.31. The van der Waals surface area contributed by atoms with E-state index in [0.717, 1.165) is 37.7 Å². The second-order valence-electron chi connectivity index (χ2n) is 5.31. The number of hydrogen-bond acceptors (Lipinski definition) is 3. The normalized spacial score (nSPS) is 17.6. The van der Waals surface area contributed by atoms with E-state index in [-0.39, 0.29) is 5.82 Å². The summed E-state index contributed by atoms with van der Waals surface area (Å²) in [5, 5.41) is 3.32. The fourth-order valence-corrected chi connectivity index (χ4v) is 2.55. The first kappa shape index (κ1) is 14.3. The summed E-state index contributed by atoms with van der Waals surface area (Å²) in [4.78, 5) is 2.51. The number of nitrogens with two attached hydrogens (primary N) is 1. The molecular formula is C15H24FN3. The van der Waals surface area contributed by atoms with Crippen LogP contribution in [0.25, 0.3) is 0 Å². The van der Waals surface area contributed by atoms with Crippen LogP contribution in [0.5, 0.6) is 0 Å². The quantitative estimate of drug-likeness (QED) is 0.776. The van der Waals surface area contributed by atoms with Gasteiger partial charge in [0.1, 0.15) is 5.82 Å². The number of nitrogens with one attached hydrogen (secondary N) is 1. The average molecular weight is 265 g/mol. The first-order valence-electron chi connectivity index (χ1n) is 7.20. The van der Waals surface area contributed by atoms with Crippen molar-refractivity contribution in [1.82, 2.24) is 4.90 Å². The molecular weight excluding hydrogens is 241 g/mol. The zero-order chi connectivity index (χ0) is 13.5. The Labute approximate surface area is 115 Å². The third-order valence-corrected chi connectivity index (χ3v) is 3.86. The molecule has 3 N–H and O–H groups in total. The zero-order valence-corrected chi connectivity index (χ0v) is 11.4. The molecule has 0 saturated carbocycles. The zero-order valence-electron chi connectivity index (χ0n) is 11.4. The Bertz CT molecular complexity index is 358. The molecule has 0 aliphatic carbocycles. The maximum Gasteiger partial charge on any atom is 0.123 e. The van der Waals surface area contributed by atoms with E-state index in [9.17, 15) is 4.39 Å². The topological polar surface area (TPSA) is 41.3 Å².